The third-order valence-electron chi connectivity index (χ3n) is 2.42. The second-order valence-electron chi connectivity index (χ2n) is 3.50. The predicted molar refractivity (Wildman–Crippen MR) is 63.4 cm³/mol. The Morgan fingerprint density at radius 2 is 2.12 bits per heavy atom. The first kappa shape index (κ1) is 11.6. The van der Waals surface area contributed by atoms with Crippen LogP contribution in [0.2, 0.25) is 0 Å². The van der Waals surface area contributed by atoms with Gasteiger partial charge in [0.2, 0.25) is 5.88 Å². The van der Waals surface area contributed by atoms with E-state index >= 15 is 0 Å². The zero-order chi connectivity index (χ0) is 12.6. The molecule has 1 aromatic heterocycles. The highest BCUT2D eigenvalue weighted by molar-refractivity contribution is 7.80. The van der Waals surface area contributed by atoms with E-state index in [9.17, 15) is 18.7 Å². The summed E-state index contributed by atoms with van der Waals surface area (Å²) in [4.78, 5) is 11.4. The molecule has 6 nitrogen and oxygen atoms in total. The minimum absolute atomic E-state index is 0.201. The van der Waals surface area contributed by atoms with Crippen LogP contribution in [0.4, 0.5) is 5.69 Å². The van der Waals surface area contributed by atoms with Gasteiger partial charge in [0.15, 0.2) is 0 Å². The molecule has 0 aliphatic rings. The monoisotopic (exact) mass is 253 g/mol. The molecule has 0 saturated carbocycles. The van der Waals surface area contributed by atoms with E-state index in [1.807, 2.05) is 0 Å². The zero-order valence-corrected chi connectivity index (χ0v) is 9.65. The van der Waals surface area contributed by atoms with E-state index in [1.165, 1.54) is 25.2 Å². The molecule has 90 valence electrons. The van der Waals surface area contributed by atoms with Crippen molar-refractivity contribution in [2.75, 3.05) is 4.72 Å². The van der Waals surface area contributed by atoms with Gasteiger partial charge in [-0.1, -0.05) is 6.07 Å². The van der Waals surface area contributed by atoms with Crippen LogP contribution in [-0.2, 0) is 18.3 Å². The van der Waals surface area contributed by atoms with Gasteiger partial charge in [0.1, 0.15) is 0 Å². The van der Waals surface area contributed by atoms with Crippen molar-refractivity contribution in [1.29, 1.82) is 0 Å². The van der Waals surface area contributed by atoms with Crippen LogP contribution >= 0.6 is 0 Å². The summed E-state index contributed by atoms with van der Waals surface area (Å²) < 4.78 is 24.2. The van der Waals surface area contributed by atoms with Gasteiger partial charge in [0.05, 0.1) is 0 Å². The number of nitrogens with zero attached hydrogens (tertiary/aromatic N) is 1. The Hall–Kier alpha value is -1.86. The molecule has 0 saturated heterocycles. The lowest BCUT2D eigenvalue weighted by molar-refractivity contribution is 0.430. The summed E-state index contributed by atoms with van der Waals surface area (Å²) >= 11 is -2.43. The van der Waals surface area contributed by atoms with E-state index < -0.39 is 11.3 Å². The smallest absolute Gasteiger partial charge is 0.253 e. The average molecular weight is 253 g/mol. The molecule has 0 aliphatic carbocycles. The van der Waals surface area contributed by atoms with E-state index in [-0.39, 0.29) is 11.4 Å². The van der Waals surface area contributed by atoms with Gasteiger partial charge < -0.3 is 14.4 Å². The highest BCUT2D eigenvalue weighted by Gasteiger charge is 2.06. The third-order valence-corrected chi connectivity index (χ3v) is 2.83. The fourth-order valence-electron chi connectivity index (χ4n) is 1.55. The molecular weight excluding hydrogens is 244 g/mol. The molecule has 2 rings (SSSR count). The fourth-order valence-corrected chi connectivity index (χ4v) is 1.87. The molecule has 2 aromatic rings. The quantitative estimate of drug-likeness (QED) is 0.760. The molecule has 1 aromatic carbocycles. The van der Waals surface area contributed by atoms with Gasteiger partial charge in [-0.25, -0.2) is 0 Å². The van der Waals surface area contributed by atoms with Gasteiger partial charge in [-0.05, 0) is 17.5 Å². The Morgan fingerprint density at radius 1 is 1.41 bits per heavy atom. The summed E-state index contributed by atoms with van der Waals surface area (Å²) in [5.41, 5.74) is -0.0112. The summed E-state index contributed by atoms with van der Waals surface area (Å²) in [5.74, 6) is -0.201. The standard InChI is InChI=1S/C10H10N2O4S/c1-12-9(13)4-6-2-3-7(11-17(15)16)5-8(6)10(12)14/h2-5,11,14H,1H3,(H,15,16)/p-1. The van der Waals surface area contributed by atoms with Crippen molar-refractivity contribution in [2.24, 2.45) is 7.05 Å². The van der Waals surface area contributed by atoms with Gasteiger partial charge in [0, 0.05) is 35.5 Å². The molecule has 0 spiro atoms. The first-order valence-electron chi connectivity index (χ1n) is 4.67. The lowest BCUT2D eigenvalue weighted by Gasteiger charge is -2.11. The van der Waals surface area contributed by atoms with E-state index in [4.69, 9.17) is 0 Å². The van der Waals surface area contributed by atoms with Gasteiger partial charge in [0.25, 0.3) is 5.56 Å². The third kappa shape index (κ3) is 2.15. The van der Waals surface area contributed by atoms with Crippen LogP contribution in [0.3, 0.4) is 0 Å². The van der Waals surface area contributed by atoms with Crippen LogP contribution in [0.1, 0.15) is 0 Å². The van der Waals surface area contributed by atoms with Crippen molar-refractivity contribution in [3.63, 3.8) is 0 Å². The van der Waals surface area contributed by atoms with Gasteiger partial charge in [-0.15, -0.1) is 0 Å². The molecule has 1 heterocycles. The van der Waals surface area contributed by atoms with Crippen molar-refractivity contribution in [3.8, 4) is 5.88 Å². The molecule has 7 heteroatoms. The second kappa shape index (κ2) is 4.19. The minimum atomic E-state index is -2.43. The number of hydrogen-bond donors (Lipinski definition) is 2. The molecule has 0 radical (unpaired) electrons. The Balaban J connectivity index is 2.68. The van der Waals surface area contributed by atoms with Crippen LogP contribution in [-0.4, -0.2) is 18.4 Å². The van der Waals surface area contributed by atoms with E-state index in [1.54, 1.807) is 6.07 Å². The maximum atomic E-state index is 11.4. The molecule has 0 amide bonds. The van der Waals surface area contributed by atoms with Gasteiger partial charge in [-0.3, -0.25) is 13.6 Å². The first-order valence-corrected chi connectivity index (χ1v) is 5.75. The van der Waals surface area contributed by atoms with Gasteiger partial charge >= 0.3 is 0 Å². The van der Waals surface area contributed by atoms with Crippen LogP contribution in [0.15, 0.2) is 29.1 Å². The topological polar surface area (TPSA) is 94.4 Å². The van der Waals surface area contributed by atoms with E-state index in [0.29, 0.717) is 16.5 Å². The number of benzene rings is 1. The highest BCUT2D eigenvalue weighted by Crippen LogP contribution is 2.25. The summed E-state index contributed by atoms with van der Waals surface area (Å²) in [6.07, 6.45) is 0. The largest absolute Gasteiger partial charge is 0.755 e. The van der Waals surface area contributed by atoms with Crippen LogP contribution in [0.25, 0.3) is 10.8 Å². The Morgan fingerprint density at radius 3 is 2.76 bits per heavy atom. The Labute approximate surface area is 98.9 Å². The Kier molecular flexibility index (Phi) is 2.86. The van der Waals surface area contributed by atoms with Crippen molar-refractivity contribution < 1.29 is 13.9 Å². The lowest BCUT2D eigenvalue weighted by atomic mass is 10.1. The normalized spacial score (nSPS) is 12.6. The molecule has 0 aliphatic heterocycles. The molecule has 0 fully saturated rings. The highest BCUT2D eigenvalue weighted by atomic mass is 32.2. The maximum Gasteiger partial charge on any atom is 0.253 e. The fraction of sp³-hybridized carbons (Fsp3) is 0.100. The number of pyridine rings is 1. The zero-order valence-electron chi connectivity index (χ0n) is 8.84. The molecule has 17 heavy (non-hydrogen) atoms. The van der Waals surface area contributed by atoms with Crippen LogP contribution in [0, 0.1) is 0 Å². The lowest BCUT2D eigenvalue weighted by Crippen LogP contribution is -2.15. The number of aromatic nitrogens is 1. The second-order valence-corrected chi connectivity index (χ2v) is 4.18. The maximum absolute atomic E-state index is 11.4. The summed E-state index contributed by atoms with van der Waals surface area (Å²) in [6.45, 7) is 0. The Bertz CT molecular complexity index is 665. The van der Waals surface area contributed by atoms with Crippen molar-refractivity contribution in [3.05, 3.63) is 34.6 Å². The van der Waals surface area contributed by atoms with Crippen molar-refractivity contribution in [2.45, 2.75) is 0 Å². The molecule has 2 N–H and O–H groups in total. The number of nitrogens with one attached hydrogen (secondary N) is 1. The molecule has 1 atom stereocenters. The average Bonchev–Trinajstić information content (AvgIpc) is 2.26. The van der Waals surface area contributed by atoms with Gasteiger partial charge in [-0.2, -0.15) is 0 Å². The van der Waals surface area contributed by atoms with Crippen LogP contribution < -0.4 is 10.3 Å². The number of rotatable bonds is 2. The van der Waals surface area contributed by atoms with E-state index in [2.05, 4.69) is 4.72 Å². The number of fused-ring (bicyclic) bond motifs is 1. The summed E-state index contributed by atoms with van der Waals surface area (Å²) in [7, 11) is 1.43. The molecule has 1 unspecified atom stereocenters. The minimum Gasteiger partial charge on any atom is -0.755 e. The van der Waals surface area contributed by atoms with E-state index in [0.717, 1.165) is 4.57 Å². The first-order chi connectivity index (χ1) is 7.99. The summed E-state index contributed by atoms with van der Waals surface area (Å²) in [6, 6.07) is 5.90. The van der Waals surface area contributed by atoms with Crippen LogP contribution in [0.5, 0.6) is 5.88 Å². The SMILES string of the molecule is Cn1c(O)c2cc(NS(=O)[O-])ccc2cc1=O. The molecular formula is C10H9N2O4S-. The molecule has 0 bridgehead atoms. The number of anilines is 1. The number of hydrogen-bond acceptors (Lipinski definition) is 4. The number of aromatic hydroxyl groups is 1. The predicted octanol–water partition coefficient (Wildman–Crippen LogP) is 0.450. The summed E-state index contributed by atoms with van der Waals surface area (Å²) in [5, 5.41) is 10.7. The van der Waals surface area contributed by atoms with Crippen molar-refractivity contribution in [1.82, 2.24) is 4.57 Å². The van der Waals surface area contributed by atoms with Crippen molar-refractivity contribution >= 4 is 27.7 Å².